The van der Waals surface area contributed by atoms with Crippen molar-refractivity contribution in [2.45, 2.75) is 44.9 Å². The number of alkyl halides is 2. The summed E-state index contributed by atoms with van der Waals surface area (Å²) in [4.78, 5) is 26.4. The Bertz CT molecular complexity index is 631. The number of likely N-dealkylation sites (tertiary alicyclic amines) is 1. The number of ether oxygens (including phenoxy) is 1. The van der Waals surface area contributed by atoms with Crippen molar-refractivity contribution in [3.63, 3.8) is 0 Å². The first-order valence-corrected chi connectivity index (χ1v) is 8.04. The molecule has 8 heteroatoms. The molecule has 0 spiro atoms. The molecule has 1 heterocycles. The first-order chi connectivity index (χ1) is 11.7. The molecule has 6 nitrogen and oxygen atoms in total. The second-order valence-corrected chi connectivity index (χ2v) is 6.56. The zero-order valence-electron chi connectivity index (χ0n) is 14.2. The van der Waals surface area contributed by atoms with E-state index >= 15 is 0 Å². The summed E-state index contributed by atoms with van der Waals surface area (Å²) in [6.45, 7) is 0.474. The lowest BCUT2D eigenvalue weighted by Crippen LogP contribution is -2.49. The van der Waals surface area contributed by atoms with Gasteiger partial charge in [-0.05, 0) is 38.8 Å². The maximum absolute atomic E-state index is 12.7. The van der Waals surface area contributed by atoms with Crippen molar-refractivity contribution in [2.75, 3.05) is 13.1 Å². The summed E-state index contributed by atoms with van der Waals surface area (Å²) in [5, 5.41) is 12.3. The highest BCUT2D eigenvalue weighted by molar-refractivity contribution is 6.00. The monoisotopic (exact) mass is 356 g/mol. The number of benzene rings is 1. The van der Waals surface area contributed by atoms with Gasteiger partial charge in [0.1, 0.15) is 11.8 Å². The van der Waals surface area contributed by atoms with Crippen LogP contribution in [-0.4, -0.2) is 53.2 Å². The van der Waals surface area contributed by atoms with Crippen LogP contribution in [-0.2, 0) is 4.79 Å². The topological polar surface area (TPSA) is 78.9 Å². The molecule has 1 aromatic carbocycles. The number of para-hydroxylation sites is 1. The van der Waals surface area contributed by atoms with Crippen LogP contribution in [0.1, 0.15) is 37.0 Å². The van der Waals surface area contributed by atoms with Gasteiger partial charge in [-0.2, -0.15) is 8.78 Å². The SMILES string of the molecule is CC(C)(O)CNC(=O)C1CCCN1C(=O)c1ccccc1OC(F)F. The van der Waals surface area contributed by atoms with E-state index in [-0.39, 0.29) is 23.8 Å². The highest BCUT2D eigenvalue weighted by atomic mass is 19.3. The van der Waals surface area contributed by atoms with Gasteiger partial charge in [-0.1, -0.05) is 12.1 Å². The number of nitrogens with zero attached hydrogens (tertiary/aromatic N) is 1. The summed E-state index contributed by atoms with van der Waals surface area (Å²) in [6.07, 6.45) is 1.10. The molecule has 138 valence electrons. The van der Waals surface area contributed by atoms with Gasteiger partial charge in [0.15, 0.2) is 0 Å². The molecule has 0 bridgehead atoms. The van der Waals surface area contributed by atoms with Crippen molar-refractivity contribution >= 4 is 11.8 Å². The Morgan fingerprint density at radius 2 is 2.08 bits per heavy atom. The van der Waals surface area contributed by atoms with Crippen LogP contribution in [0.2, 0.25) is 0 Å². The van der Waals surface area contributed by atoms with Crippen molar-refractivity contribution in [1.29, 1.82) is 0 Å². The smallest absolute Gasteiger partial charge is 0.387 e. The molecule has 1 saturated heterocycles. The van der Waals surface area contributed by atoms with E-state index in [9.17, 15) is 23.5 Å². The highest BCUT2D eigenvalue weighted by Crippen LogP contribution is 2.26. The van der Waals surface area contributed by atoms with Crippen molar-refractivity contribution < 1.29 is 28.2 Å². The third kappa shape index (κ3) is 5.12. The lowest BCUT2D eigenvalue weighted by atomic mass is 10.1. The van der Waals surface area contributed by atoms with E-state index in [0.717, 1.165) is 0 Å². The number of hydrogen-bond donors (Lipinski definition) is 2. The maximum Gasteiger partial charge on any atom is 0.387 e. The number of carbonyl (C=O) groups is 2. The average molecular weight is 356 g/mol. The summed E-state index contributed by atoms with van der Waals surface area (Å²) in [6, 6.07) is 5.02. The third-order valence-corrected chi connectivity index (χ3v) is 3.85. The molecule has 1 aromatic rings. The molecule has 0 radical (unpaired) electrons. The number of amides is 2. The van der Waals surface area contributed by atoms with E-state index in [1.807, 2.05) is 0 Å². The van der Waals surface area contributed by atoms with Gasteiger partial charge in [0, 0.05) is 13.1 Å². The van der Waals surface area contributed by atoms with Gasteiger partial charge in [-0.15, -0.1) is 0 Å². The highest BCUT2D eigenvalue weighted by Gasteiger charge is 2.36. The maximum atomic E-state index is 12.7. The van der Waals surface area contributed by atoms with Crippen LogP contribution in [0.5, 0.6) is 5.75 Å². The zero-order valence-corrected chi connectivity index (χ0v) is 14.2. The molecule has 1 unspecified atom stereocenters. The van der Waals surface area contributed by atoms with E-state index in [4.69, 9.17) is 0 Å². The lowest BCUT2D eigenvalue weighted by Gasteiger charge is -2.26. The molecular formula is C17H22F2N2O4. The minimum absolute atomic E-state index is 0.00927. The van der Waals surface area contributed by atoms with Crippen molar-refractivity contribution in [1.82, 2.24) is 10.2 Å². The Morgan fingerprint density at radius 1 is 1.40 bits per heavy atom. The Morgan fingerprint density at radius 3 is 2.72 bits per heavy atom. The van der Waals surface area contributed by atoms with Crippen LogP contribution < -0.4 is 10.1 Å². The summed E-state index contributed by atoms with van der Waals surface area (Å²) in [5.74, 6) is -1.12. The van der Waals surface area contributed by atoms with E-state index in [2.05, 4.69) is 10.1 Å². The molecule has 1 aliphatic rings. The largest absolute Gasteiger partial charge is 0.434 e. The number of aliphatic hydroxyl groups is 1. The van der Waals surface area contributed by atoms with Crippen LogP contribution in [0, 0.1) is 0 Å². The fourth-order valence-corrected chi connectivity index (χ4v) is 2.70. The normalized spacial score (nSPS) is 17.7. The molecule has 2 rings (SSSR count). The molecule has 0 aromatic heterocycles. The Balaban J connectivity index is 2.14. The number of carbonyl (C=O) groups excluding carboxylic acids is 2. The van der Waals surface area contributed by atoms with Crippen LogP contribution >= 0.6 is 0 Å². The van der Waals surface area contributed by atoms with Gasteiger partial charge < -0.3 is 20.1 Å². The zero-order chi connectivity index (χ0) is 18.6. The van der Waals surface area contributed by atoms with Crippen molar-refractivity contribution in [3.05, 3.63) is 29.8 Å². The number of rotatable bonds is 6. The Kier molecular flexibility index (Phi) is 5.94. The van der Waals surface area contributed by atoms with Crippen LogP contribution in [0.25, 0.3) is 0 Å². The van der Waals surface area contributed by atoms with E-state index < -0.39 is 24.2 Å². The first-order valence-electron chi connectivity index (χ1n) is 8.04. The van der Waals surface area contributed by atoms with E-state index in [1.165, 1.54) is 23.1 Å². The van der Waals surface area contributed by atoms with Gasteiger partial charge in [-0.25, -0.2) is 0 Å². The molecule has 2 amide bonds. The van der Waals surface area contributed by atoms with Gasteiger partial charge in [-0.3, -0.25) is 9.59 Å². The Hall–Kier alpha value is -2.22. The lowest BCUT2D eigenvalue weighted by molar-refractivity contribution is -0.125. The Labute approximate surface area is 144 Å². The second kappa shape index (κ2) is 7.77. The predicted molar refractivity (Wildman–Crippen MR) is 86.4 cm³/mol. The summed E-state index contributed by atoms with van der Waals surface area (Å²) in [7, 11) is 0. The van der Waals surface area contributed by atoms with Crippen molar-refractivity contribution in [2.24, 2.45) is 0 Å². The average Bonchev–Trinajstić information content (AvgIpc) is 3.01. The van der Waals surface area contributed by atoms with Crippen molar-refractivity contribution in [3.8, 4) is 5.75 Å². The molecule has 1 fully saturated rings. The molecule has 1 atom stereocenters. The third-order valence-electron chi connectivity index (χ3n) is 3.85. The van der Waals surface area contributed by atoms with Gasteiger partial charge in [0.25, 0.3) is 5.91 Å². The van der Waals surface area contributed by atoms with Crippen LogP contribution in [0.3, 0.4) is 0 Å². The first kappa shape index (κ1) is 19.1. The second-order valence-electron chi connectivity index (χ2n) is 6.56. The number of halogens is 2. The fraction of sp³-hybridized carbons (Fsp3) is 0.529. The fourth-order valence-electron chi connectivity index (χ4n) is 2.70. The quantitative estimate of drug-likeness (QED) is 0.814. The van der Waals surface area contributed by atoms with E-state index in [1.54, 1.807) is 19.9 Å². The number of nitrogens with one attached hydrogen (secondary N) is 1. The van der Waals surface area contributed by atoms with Gasteiger partial charge in [0.2, 0.25) is 5.91 Å². The minimum atomic E-state index is -3.04. The van der Waals surface area contributed by atoms with Crippen LogP contribution in [0.15, 0.2) is 24.3 Å². The minimum Gasteiger partial charge on any atom is -0.434 e. The molecule has 0 aliphatic carbocycles. The molecule has 2 N–H and O–H groups in total. The molecule has 0 saturated carbocycles. The molecular weight excluding hydrogens is 334 g/mol. The standard InChI is InChI=1S/C17H22F2N2O4/c1-17(2,24)10-20-14(22)12-7-5-9-21(12)15(23)11-6-3-4-8-13(11)25-16(18)19/h3-4,6,8,12,16,24H,5,7,9-10H2,1-2H3,(H,20,22). The van der Waals surface area contributed by atoms with Crippen LogP contribution in [0.4, 0.5) is 8.78 Å². The summed E-state index contributed by atoms with van der Waals surface area (Å²) < 4.78 is 29.4. The summed E-state index contributed by atoms with van der Waals surface area (Å²) in [5.41, 5.74) is -1.08. The van der Waals surface area contributed by atoms with Gasteiger partial charge in [0.05, 0.1) is 11.2 Å². The number of hydrogen-bond acceptors (Lipinski definition) is 4. The molecule has 25 heavy (non-hydrogen) atoms. The summed E-state index contributed by atoms with van der Waals surface area (Å²) >= 11 is 0. The predicted octanol–water partition coefficient (Wildman–Crippen LogP) is 1.78. The van der Waals surface area contributed by atoms with Gasteiger partial charge >= 0.3 is 6.61 Å². The molecule has 1 aliphatic heterocycles. The van der Waals surface area contributed by atoms with E-state index in [0.29, 0.717) is 19.4 Å².